The second-order valence-corrected chi connectivity index (χ2v) is 4.14. The lowest BCUT2D eigenvalue weighted by molar-refractivity contribution is 0.634. The lowest BCUT2D eigenvalue weighted by Crippen LogP contribution is -2.22. The monoisotopic (exact) mass is 211 g/mol. The van der Waals surface area contributed by atoms with E-state index in [0.717, 1.165) is 30.1 Å². The van der Waals surface area contributed by atoms with E-state index in [-0.39, 0.29) is 6.04 Å². The number of hydrogen-bond donors (Lipinski definition) is 1. The first kappa shape index (κ1) is 11.5. The van der Waals surface area contributed by atoms with Crippen LogP contribution in [0.3, 0.4) is 0 Å². The largest absolute Gasteiger partial charge is 0.327 e. The van der Waals surface area contributed by atoms with Gasteiger partial charge in [-0.3, -0.25) is 0 Å². The summed E-state index contributed by atoms with van der Waals surface area (Å²) < 4.78 is 0. The molecule has 0 aromatic carbocycles. The third kappa shape index (κ3) is 3.64. The molecule has 2 N–H and O–H groups in total. The van der Waals surface area contributed by atoms with Gasteiger partial charge < -0.3 is 5.73 Å². The summed E-state index contributed by atoms with van der Waals surface area (Å²) in [5, 5.41) is 0. The highest BCUT2D eigenvalue weighted by molar-refractivity contribution is 7.97. The van der Waals surface area contributed by atoms with Gasteiger partial charge >= 0.3 is 0 Å². The molecule has 1 heterocycles. The second kappa shape index (κ2) is 5.98. The summed E-state index contributed by atoms with van der Waals surface area (Å²) in [6.45, 7) is 2.09. The van der Waals surface area contributed by atoms with Gasteiger partial charge in [0.25, 0.3) is 0 Å². The minimum atomic E-state index is 0.215. The molecule has 0 amide bonds. The molecule has 3 nitrogen and oxygen atoms in total. The van der Waals surface area contributed by atoms with Gasteiger partial charge in [0.05, 0.1) is 5.75 Å². The fourth-order valence-electron chi connectivity index (χ4n) is 1.17. The molecule has 0 fully saturated rings. The van der Waals surface area contributed by atoms with Gasteiger partial charge in [0.2, 0.25) is 0 Å². The molecule has 0 spiro atoms. The van der Waals surface area contributed by atoms with Gasteiger partial charge in [-0.25, -0.2) is 9.97 Å². The number of thioether (sulfide) groups is 1. The Kier molecular flexibility index (Phi) is 4.90. The van der Waals surface area contributed by atoms with Crippen LogP contribution in [0.5, 0.6) is 0 Å². The van der Waals surface area contributed by atoms with Crippen molar-refractivity contribution in [3.63, 3.8) is 0 Å². The molecule has 4 heteroatoms. The summed E-state index contributed by atoms with van der Waals surface area (Å²) >= 11 is 1.73. The lowest BCUT2D eigenvalue weighted by atomic mass is 10.1. The molecule has 1 aromatic heterocycles. The minimum Gasteiger partial charge on any atom is -0.327 e. The van der Waals surface area contributed by atoms with Crippen LogP contribution in [0.25, 0.3) is 0 Å². The van der Waals surface area contributed by atoms with Gasteiger partial charge in [0.15, 0.2) is 0 Å². The van der Waals surface area contributed by atoms with Gasteiger partial charge in [0, 0.05) is 24.4 Å². The Labute approximate surface area is 89.5 Å². The van der Waals surface area contributed by atoms with Crippen LogP contribution in [0.4, 0.5) is 0 Å². The standard InChI is InChI=1S/C10H17N3S/c1-3-8(11)6-9-4-5-12-10(13-9)7-14-2/h4-5,8H,3,6-7,11H2,1-2H3. The summed E-state index contributed by atoms with van der Waals surface area (Å²) in [5.74, 6) is 1.77. The van der Waals surface area contributed by atoms with E-state index in [2.05, 4.69) is 16.9 Å². The summed E-state index contributed by atoms with van der Waals surface area (Å²) in [7, 11) is 0. The van der Waals surface area contributed by atoms with Crippen molar-refractivity contribution < 1.29 is 0 Å². The number of rotatable bonds is 5. The summed E-state index contributed by atoms with van der Waals surface area (Å²) in [6.07, 6.45) is 5.70. The van der Waals surface area contributed by atoms with Gasteiger partial charge in [-0.05, 0) is 18.7 Å². The lowest BCUT2D eigenvalue weighted by Gasteiger charge is -2.08. The van der Waals surface area contributed by atoms with E-state index in [1.807, 2.05) is 18.5 Å². The second-order valence-electron chi connectivity index (χ2n) is 3.27. The molecular formula is C10H17N3S. The van der Waals surface area contributed by atoms with Crippen LogP contribution in [-0.2, 0) is 12.2 Å². The predicted molar refractivity (Wildman–Crippen MR) is 61.2 cm³/mol. The molecule has 14 heavy (non-hydrogen) atoms. The average molecular weight is 211 g/mol. The van der Waals surface area contributed by atoms with Crippen molar-refractivity contribution in [1.82, 2.24) is 9.97 Å². The first-order chi connectivity index (χ1) is 6.76. The Morgan fingerprint density at radius 1 is 1.57 bits per heavy atom. The Morgan fingerprint density at radius 3 is 3.00 bits per heavy atom. The topological polar surface area (TPSA) is 51.8 Å². The quantitative estimate of drug-likeness (QED) is 0.804. The Balaban J connectivity index is 2.63. The van der Waals surface area contributed by atoms with Gasteiger partial charge in [-0.1, -0.05) is 6.92 Å². The maximum absolute atomic E-state index is 5.86. The zero-order chi connectivity index (χ0) is 10.4. The molecule has 1 aromatic rings. The molecule has 0 bridgehead atoms. The highest BCUT2D eigenvalue weighted by Crippen LogP contribution is 2.06. The van der Waals surface area contributed by atoms with Crippen molar-refractivity contribution in [2.24, 2.45) is 5.73 Å². The number of hydrogen-bond acceptors (Lipinski definition) is 4. The smallest absolute Gasteiger partial charge is 0.138 e. The molecule has 0 radical (unpaired) electrons. The van der Waals surface area contributed by atoms with E-state index >= 15 is 0 Å². The molecule has 0 aliphatic carbocycles. The van der Waals surface area contributed by atoms with Crippen LogP contribution in [0.1, 0.15) is 24.9 Å². The van der Waals surface area contributed by atoms with Crippen molar-refractivity contribution in [2.45, 2.75) is 31.6 Å². The number of nitrogens with zero attached hydrogens (tertiary/aromatic N) is 2. The fraction of sp³-hybridized carbons (Fsp3) is 0.600. The van der Waals surface area contributed by atoms with Gasteiger partial charge in [-0.15, -0.1) is 0 Å². The maximum atomic E-state index is 5.86. The summed E-state index contributed by atoms with van der Waals surface area (Å²) in [4.78, 5) is 8.63. The van der Waals surface area contributed by atoms with Crippen LogP contribution in [0, 0.1) is 0 Å². The Hall–Kier alpha value is -0.610. The van der Waals surface area contributed by atoms with E-state index in [1.54, 1.807) is 11.8 Å². The van der Waals surface area contributed by atoms with E-state index < -0.39 is 0 Å². The molecule has 0 saturated heterocycles. The van der Waals surface area contributed by atoms with Crippen LogP contribution in [0.15, 0.2) is 12.3 Å². The molecular weight excluding hydrogens is 194 g/mol. The molecule has 1 rings (SSSR count). The van der Waals surface area contributed by atoms with Crippen molar-refractivity contribution in [3.8, 4) is 0 Å². The average Bonchev–Trinajstić information content (AvgIpc) is 2.19. The molecule has 1 atom stereocenters. The third-order valence-electron chi connectivity index (χ3n) is 2.03. The highest BCUT2D eigenvalue weighted by atomic mass is 32.2. The van der Waals surface area contributed by atoms with Crippen molar-refractivity contribution in [2.75, 3.05) is 6.26 Å². The van der Waals surface area contributed by atoms with Crippen LogP contribution in [0.2, 0.25) is 0 Å². The molecule has 1 unspecified atom stereocenters. The molecule has 0 saturated carbocycles. The van der Waals surface area contributed by atoms with Crippen LogP contribution in [-0.4, -0.2) is 22.3 Å². The Bertz CT molecular complexity index is 278. The zero-order valence-electron chi connectivity index (χ0n) is 8.73. The number of aromatic nitrogens is 2. The highest BCUT2D eigenvalue weighted by Gasteiger charge is 2.03. The van der Waals surface area contributed by atoms with E-state index in [4.69, 9.17) is 5.73 Å². The molecule has 0 aliphatic heterocycles. The fourth-order valence-corrected chi connectivity index (χ4v) is 1.56. The van der Waals surface area contributed by atoms with Gasteiger partial charge in [0.1, 0.15) is 5.82 Å². The maximum Gasteiger partial charge on any atom is 0.138 e. The first-order valence-electron chi connectivity index (χ1n) is 4.81. The van der Waals surface area contributed by atoms with Crippen LogP contribution < -0.4 is 5.73 Å². The Morgan fingerprint density at radius 2 is 2.36 bits per heavy atom. The number of nitrogens with two attached hydrogens (primary N) is 1. The van der Waals surface area contributed by atoms with Crippen molar-refractivity contribution in [1.29, 1.82) is 0 Å². The molecule has 0 aliphatic rings. The van der Waals surface area contributed by atoms with Gasteiger partial charge in [-0.2, -0.15) is 11.8 Å². The van der Waals surface area contributed by atoms with E-state index in [9.17, 15) is 0 Å². The SMILES string of the molecule is CCC(N)Cc1ccnc(CSC)n1. The first-order valence-corrected chi connectivity index (χ1v) is 6.21. The van der Waals surface area contributed by atoms with E-state index in [0.29, 0.717) is 0 Å². The normalized spacial score (nSPS) is 12.8. The van der Waals surface area contributed by atoms with Crippen molar-refractivity contribution >= 4 is 11.8 Å². The van der Waals surface area contributed by atoms with Crippen molar-refractivity contribution in [3.05, 3.63) is 23.8 Å². The minimum absolute atomic E-state index is 0.215. The zero-order valence-corrected chi connectivity index (χ0v) is 9.55. The predicted octanol–water partition coefficient (Wildman–Crippen LogP) is 1.62. The third-order valence-corrected chi connectivity index (χ3v) is 2.58. The molecule has 78 valence electrons. The summed E-state index contributed by atoms with van der Waals surface area (Å²) in [6, 6.07) is 2.16. The van der Waals surface area contributed by atoms with E-state index in [1.165, 1.54) is 0 Å². The summed E-state index contributed by atoms with van der Waals surface area (Å²) in [5.41, 5.74) is 6.92. The van der Waals surface area contributed by atoms with Crippen LogP contribution >= 0.6 is 11.8 Å².